The number of hydrogen-bond acceptors (Lipinski definition) is 11. The number of nitrogens with one attached hydrogen (secondary N) is 2. The zero-order valence-corrected chi connectivity index (χ0v) is 19.7. The van der Waals surface area contributed by atoms with Gasteiger partial charge in [-0.05, 0) is 12.0 Å². The lowest BCUT2D eigenvalue weighted by atomic mass is 10.0. The van der Waals surface area contributed by atoms with Gasteiger partial charge in [0.2, 0.25) is 0 Å². The summed E-state index contributed by atoms with van der Waals surface area (Å²) >= 11 is 0. The van der Waals surface area contributed by atoms with Crippen LogP contribution in [0.2, 0.25) is 0 Å². The molecule has 0 spiro atoms. The Balaban J connectivity index is 1.46. The van der Waals surface area contributed by atoms with Crippen molar-refractivity contribution in [3.8, 4) is 11.5 Å². The molecule has 0 amide bonds. The number of aliphatic hydroxyl groups is 4. The molecule has 2 aliphatic rings. The Morgan fingerprint density at radius 2 is 2.00 bits per heavy atom. The summed E-state index contributed by atoms with van der Waals surface area (Å²) in [7, 11) is 0. The van der Waals surface area contributed by atoms with Crippen molar-refractivity contribution in [2.24, 2.45) is 0 Å². The van der Waals surface area contributed by atoms with E-state index in [4.69, 9.17) is 19.4 Å². The Hall–Kier alpha value is -3.46. The second-order valence-electron chi connectivity index (χ2n) is 9.17. The third kappa shape index (κ3) is 4.25. The van der Waals surface area contributed by atoms with Crippen LogP contribution >= 0.6 is 0 Å². The number of aromatic amines is 1. The van der Waals surface area contributed by atoms with Gasteiger partial charge in [-0.1, -0.05) is 30.3 Å². The number of imidazole rings is 1. The van der Waals surface area contributed by atoms with Crippen molar-refractivity contribution in [1.82, 2.24) is 29.7 Å². The van der Waals surface area contributed by atoms with Crippen LogP contribution in [0.3, 0.4) is 0 Å². The number of anilines is 1. The fourth-order valence-corrected chi connectivity index (χ4v) is 4.76. The number of H-pyrrole nitrogens is 1. The molecule has 0 saturated carbocycles. The molecule has 2 saturated heterocycles. The summed E-state index contributed by atoms with van der Waals surface area (Å²) < 4.78 is 12.7. The monoisotopic (exact) mass is 509 g/mol. The highest BCUT2D eigenvalue weighted by molar-refractivity contribution is 5.85. The number of aromatic nitrogens is 6. The Labute approximate surface area is 210 Å². The normalized spacial score (nSPS) is 26.6. The van der Waals surface area contributed by atoms with E-state index in [9.17, 15) is 20.4 Å². The van der Waals surface area contributed by atoms with Gasteiger partial charge in [0.05, 0.1) is 31.8 Å². The molecule has 6 N–H and O–H groups in total. The van der Waals surface area contributed by atoms with E-state index in [1.807, 2.05) is 30.3 Å². The Morgan fingerprint density at radius 1 is 1.16 bits per heavy atom. The van der Waals surface area contributed by atoms with Gasteiger partial charge >= 0.3 is 0 Å². The molecule has 0 aliphatic carbocycles. The van der Waals surface area contributed by atoms with Gasteiger partial charge in [-0.15, -0.1) is 0 Å². The van der Waals surface area contributed by atoms with Gasteiger partial charge in [0.15, 0.2) is 29.0 Å². The lowest BCUT2D eigenvalue weighted by Gasteiger charge is -2.18. The minimum atomic E-state index is -1.31. The van der Waals surface area contributed by atoms with E-state index in [1.165, 1.54) is 17.1 Å². The Morgan fingerprint density at radius 3 is 2.73 bits per heavy atom. The molecule has 1 aromatic carbocycles. The highest BCUT2D eigenvalue weighted by Crippen LogP contribution is 2.35. The zero-order chi connectivity index (χ0) is 25.5. The zero-order valence-electron chi connectivity index (χ0n) is 19.7. The van der Waals surface area contributed by atoms with Gasteiger partial charge in [0.25, 0.3) is 0 Å². The summed E-state index contributed by atoms with van der Waals surface area (Å²) in [5.74, 6) is 0.681. The molecule has 4 aromatic rings. The van der Waals surface area contributed by atoms with Gasteiger partial charge in [-0.3, -0.25) is 9.67 Å². The van der Waals surface area contributed by atoms with Crippen molar-refractivity contribution < 1.29 is 29.9 Å². The van der Waals surface area contributed by atoms with Crippen LogP contribution in [0.4, 0.5) is 5.82 Å². The van der Waals surface area contributed by atoms with Crippen LogP contribution in [0.25, 0.3) is 22.7 Å². The molecule has 2 aliphatic heterocycles. The first-order chi connectivity index (χ1) is 18.0. The van der Waals surface area contributed by atoms with Gasteiger partial charge in [-0.2, -0.15) is 5.10 Å². The smallest absolute Gasteiger partial charge is 0.182 e. The minimum absolute atomic E-state index is 0.0150. The maximum atomic E-state index is 11.1. The maximum absolute atomic E-state index is 11.1. The van der Waals surface area contributed by atoms with Crippen LogP contribution in [-0.4, -0.2) is 94.3 Å². The summed E-state index contributed by atoms with van der Waals surface area (Å²) in [5.41, 5.74) is 2.34. The molecular weight excluding hydrogens is 482 g/mol. The van der Waals surface area contributed by atoms with Gasteiger partial charge < -0.3 is 35.2 Å². The third-order valence-corrected chi connectivity index (χ3v) is 6.79. The fraction of sp³-hybridized carbons (Fsp3) is 0.417. The SMILES string of the molecule is OC[C@H]1O[C@@H](n2cnc3c(NC4CCOC4)nc(-c4[nH]ncc4C(O)c4ccccc4)nc32)[C@H](O)[C@@H]1O. The van der Waals surface area contributed by atoms with E-state index < -0.39 is 37.3 Å². The number of fused-ring (bicyclic) bond motifs is 1. The van der Waals surface area contributed by atoms with Gasteiger partial charge in [-0.25, -0.2) is 15.0 Å². The summed E-state index contributed by atoms with van der Waals surface area (Å²) in [6, 6.07) is 9.19. The van der Waals surface area contributed by atoms with E-state index in [1.54, 1.807) is 0 Å². The lowest BCUT2D eigenvalue weighted by Crippen LogP contribution is -2.33. The highest BCUT2D eigenvalue weighted by Gasteiger charge is 2.44. The molecule has 2 unspecified atom stereocenters. The van der Waals surface area contributed by atoms with Crippen molar-refractivity contribution >= 4 is 17.0 Å². The van der Waals surface area contributed by atoms with E-state index in [-0.39, 0.29) is 11.9 Å². The quantitative estimate of drug-likeness (QED) is 0.199. The largest absolute Gasteiger partial charge is 0.394 e. The first-order valence-corrected chi connectivity index (χ1v) is 12.0. The molecule has 6 rings (SSSR count). The molecule has 194 valence electrons. The van der Waals surface area contributed by atoms with E-state index >= 15 is 0 Å². The van der Waals surface area contributed by atoms with Gasteiger partial charge in [0, 0.05) is 12.2 Å². The summed E-state index contributed by atoms with van der Waals surface area (Å²) in [6.45, 7) is 0.688. The van der Waals surface area contributed by atoms with Crippen LogP contribution < -0.4 is 5.32 Å². The molecule has 6 atom stereocenters. The van der Waals surface area contributed by atoms with Crippen molar-refractivity contribution in [2.75, 3.05) is 25.1 Å². The van der Waals surface area contributed by atoms with E-state index in [2.05, 4.69) is 20.5 Å². The van der Waals surface area contributed by atoms with Crippen molar-refractivity contribution in [3.63, 3.8) is 0 Å². The number of hydrogen-bond donors (Lipinski definition) is 6. The molecule has 13 nitrogen and oxygen atoms in total. The molecule has 3 aromatic heterocycles. The number of nitrogens with zero attached hydrogens (tertiary/aromatic N) is 5. The predicted octanol–water partition coefficient (Wildman–Crippen LogP) is 0.110. The third-order valence-electron chi connectivity index (χ3n) is 6.79. The van der Waals surface area contributed by atoms with E-state index in [0.717, 1.165) is 6.42 Å². The van der Waals surface area contributed by atoms with Gasteiger partial charge in [0.1, 0.15) is 30.1 Å². The first kappa shape index (κ1) is 23.9. The molecular formula is C24H27N7O6. The standard InChI is InChI=1S/C24H27N7O6/c32-9-15-19(34)20(35)24(37-15)31-11-25-17-22(27-13-6-7-36-10-13)28-21(29-23(17)31)16-14(8-26-30-16)18(33)12-4-2-1-3-5-12/h1-5,8,11,13,15,18-20,24,32-35H,6-7,9-10H2,(H,26,30)(H,27,28,29)/t13?,15-,18?,19-,20-,24-/m1/s1. The number of ether oxygens (including phenoxy) is 2. The summed E-state index contributed by atoms with van der Waals surface area (Å²) in [4.78, 5) is 13.9. The van der Waals surface area contributed by atoms with E-state index in [0.29, 0.717) is 47.0 Å². The molecule has 37 heavy (non-hydrogen) atoms. The van der Waals surface area contributed by atoms with Crippen LogP contribution in [0.1, 0.15) is 29.9 Å². The second-order valence-corrected chi connectivity index (χ2v) is 9.17. The van der Waals surface area contributed by atoms with Crippen LogP contribution in [0.5, 0.6) is 0 Å². The number of rotatable bonds is 7. The second kappa shape index (κ2) is 9.78. The Kier molecular flexibility index (Phi) is 6.32. The summed E-state index contributed by atoms with van der Waals surface area (Å²) in [5, 5.41) is 51.9. The van der Waals surface area contributed by atoms with Crippen molar-refractivity contribution in [2.45, 2.75) is 43.1 Å². The summed E-state index contributed by atoms with van der Waals surface area (Å²) in [6.07, 6.45) is -1.77. The molecule has 0 radical (unpaired) electrons. The molecule has 5 heterocycles. The van der Waals surface area contributed by atoms with Crippen LogP contribution in [0, 0.1) is 0 Å². The first-order valence-electron chi connectivity index (χ1n) is 12.0. The average molecular weight is 510 g/mol. The maximum Gasteiger partial charge on any atom is 0.182 e. The van der Waals surface area contributed by atoms with Crippen LogP contribution in [-0.2, 0) is 9.47 Å². The number of benzene rings is 1. The van der Waals surface area contributed by atoms with Crippen molar-refractivity contribution in [3.05, 3.63) is 54.0 Å². The fourth-order valence-electron chi connectivity index (χ4n) is 4.76. The van der Waals surface area contributed by atoms with Crippen LogP contribution in [0.15, 0.2) is 42.9 Å². The predicted molar refractivity (Wildman–Crippen MR) is 129 cm³/mol. The van der Waals surface area contributed by atoms with Crippen molar-refractivity contribution in [1.29, 1.82) is 0 Å². The molecule has 2 fully saturated rings. The topological polar surface area (TPSA) is 184 Å². The molecule has 13 heteroatoms. The number of aliphatic hydroxyl groups excluding tert-OH is 4. The molecule has 0 bridgehead atoms. The average Bonchev–Trinajstić information content (AvgIpc) is 3.72. The lowest BCUT2D eigenvalue weighted by molar-refractivity contribution is -0.0511. The minimum Gasteiger partial charge on any atom is -0.394 e. The highest BCUT2D eigenvalue weighted by atomic mass is 16.6. The Bertz CT molecular complexity index is 1370.